The van der Waals surface area contributed by atoms with Crippen LogP contribution in [0, 0.1) is 0 Å². The molecule has 1 aliphatic heterocycles. The van der Waals surface area contributed by atoms with Gasteiger partial charge in [0.15, 0.2) is 5.16 Å². The number of nitrogens with one attached hydrogen (secondary N) is 2. The number of anilines is 2. The molecule has 2 aromatic rings. The minimum Gasteiger partial charge on any atom is -0.369 e. The van der Waals surface area contributed by atoms with Gasteiger partial charge in [-0.1, -0.05) is 24.8 Å². The topological polar surface area (TPSA) is 73.9 Å². The van der Waals surface area contributed by atoms with Crippen molar-refractivity contribution in [3.8, 4) is 0 Å². The van der Waals surface area contributed by atoms with Crippen LogP contribution in [0.15, 0.2) is 29.7 Å². The number of hydrogen-bond donors (Lipinski definition) is 2. The number of hydrogen-bond acceptors (Lipinski definition) is 5. The number of nitrogens with zero attached hydrogens (tertiary/aromatic N) is 3. The Morgan fingerprint density at radius 2 is 2.29 bits per heavy atom. The van der Waals surface area contributed by atoms with E-state index in [1.807, 2.05) is 6.07 Å². The van der Waals surface area contributed by atoms with E-state index in [2.05, 4.69) is 65.3 Å². The maximum atomic E-state index is 12.1. The normalized spacial score (nSPS) is 19.0. The lowest BCUT2D eigenvalue weighted by molar-refractivity contribution is -0.113. The zero-order chi connectivity index (χ0) is 17.3. The van der Waals surface area contributed by atoms with E-state index in [1.54, 1.807) is 0 Å². The van der Waals surface area contributed by atoms with Crippen molar-refractivity contribution in [2.24, 2.45) is 0 Å². The molecule has 0 bridgehead atoms. The molecule has 0 radical (unpaired) electrons. The van der Waals surface area contributed by atoms with Crippen molar-refractivity contribution in [1.82, 2.24) is 15.2 Å². The largest absolute Gasteiger partial charge is 0.369 e. The first kappa shape index (κ1) is 16.8. The maximum Gasteiger partial charge on any atom is 0.234 e. The smallest absolute Gasteiger partial charge is 0.234 e. The molecule has 6 nitrogen and oxygen atoms in total. The Kier molecular flexibility index (Phi) is 4.54. The first-order valence-corrected chi connectivity index (χ1v) is 9.01. The fourth-order valence-electron chi connectivity index (χ4n) is 3.25. The summed E-state index contributed by atoms with van der Waals surface area (Å²) in [6, 6.07) is 6.19. The third-order valence-electron chi connectivity index (χ3n) is 4.65. The molecular formula is C17H23N5OS. The van der Waals surface area contributed by atoms with Gasteiger partial charge in [0.1, 0.15) is 6.33 Å². The van der Waals surface area contributed by atoms with Crippen molar-refractivity contribution < 1.29 is 4.79 Å². The lowest BCUT2D eigenvalue weighted by atomic mass is 9.80. The third kappa shape index (κ3) is 3.40. The average molecular weight is 345 g/mol. The summed E-state index contributed by atoms with van der Waals surface area (Å²) in [4.78, 5) is 18.4. The van der Waals surface area contributed by atoms with Crippen molar-refractivity contribution in [1.29, 1.82) is 0 Å². The molecule has 1 aliphatic rings. The number of amides is 1. The molecule has 1 atom stereocenters. The zero-order valence-electron chi connectivity index (χ0n) is 14.5. The number of H-pyrrole nitrogens is 1. The van der Waals surface area contributed by atoms with Crippen LogP contribution in [0.2, 0.25) is 0 Å². The van der Waals surface area contributed by atoms with Crippen molar-refractivity contribution in [2.45, 2.75) is 43.8 Å². The summed E-state index contributed by atoms with van der Waals surface area (Å²) in [6.07, 6.45) is 2.55. The summed E-state index contributed by atoms with van der Waals surface area (Å²) < 4.78 is 0. The molecule has 1 amide bonds. The van der Waals surface area contributed by atoms with Crippen LogP contribution < -0.4 is 10.2 Å². The molecule has 1 aromatic carbocycles. The molecule has 2 heterocycles. The number of thioether (sulfide) groups is 1. The number of benzene rings is 1. The SMILES string of the molecule is CC1CC(C)(C)N(C)c2cc(NC(=O)CSc3ncn[nH]3)ccc21. The number of carbonyl (C=O) groups excluding carboxylic acids is 1. The van der Waals surface area contributed by atoms with Crippen LogP contribution in [0.5, 0.6) is 0 Å². The van der Waals surface area contributed by atoms with Crippen LogP contribution in [0.25, 0.3) is 0 Å². The van der Waals surface area contributed by atoms with Gasteiger partial charge in [-0.15, -0.1) is 0 Å². The average Bonchev–Trinajstić information content (AvgIpc) is 3.04. The summed E-state index contributed by atoms with van der Waals surface area (Å²) in [5.41, 5.74) is 3.47. The summed E-state index contributed by atoms with van der Waals surface area (Å²) in [5.74, 6) is 0.754. The zero-order valence-corrected chi connectivity index (χ0v) is 15.3. The van der Waals surface area contributed by atoms with Crippen molar-refractivity contribution in [3.63, 3.8) is 0 Å². The van der Waals surface area contributed by atoms with E-state index in [-0.39, 0.29) is 11.4 Å². The highest BCUT2D eigenvalue weighted by Crippen LogP contribution is 2.43. The van der Waals surface area contributed by atoms with Gasteiger partial charge in [0.2, 0.25) is 5.91 Å². The van der Waals surface area contributed by atoms with Gasteiger partial charge in [0, 0.05) is 24.0 Å². The van der Waals surface area contributed by atoms with E-state index in [4.69, 9.17) is 0 Å². The highest BCUT2D eigenvalue weighted by molar-refractivity contribution is 7.99. The predicted molar refractivity (Wildman–Crippen MR) is 97.7 cm³/mol. The quantitative estimate of drug-likeness (QED) is 0.832. The van der Waals surface area contributed by atoms with Gasteiger partial charge in [-0.2, -0.15) is 5.10 Å². The highest BCUT2D eigenvalue weighted by atomic mass is 32.2. The molecule has 0 aliphatic carbocycles. The van der Waals surface area contributed by atoms with Crippen LogP contribution in [0.3, 0.4) is 0 Å². The Balaban J connectivity index is 1.71. The van der Waals surface area contributed by atoms with Crippen molar-refractivity contribution >= 4 is 29.0 Å². The molecule has 24 heavy (non-hydrogen) atoms. The van der Waals surface area contributed by atoms with Gasteiger partial charge in [-0.3, -0.25) is 9.89 Å². The second kappa shape index (κ2) is 6.47. The molecule has 0 spiro atoms. The second-order valence-electron chi connectivity index (χ2n) is 6.88. The van der Waals surface area contributed by atoms with E-state index >= 15 is 0 Å². The third-order valence-corrected chi connectivity index (χ3v) is 5.53. The standard InChI is InChI=1S/C17H23N5OS/c1-11-8-17(2,3)22(4)14-7-12(5-6-13(11)14)20-15(23)9-24-16-18-10-19-21-16/h5-7,10-11H,8-9H2,1-4H3,(H,20,23)(H,18,19,21). The Bertz CT molecular complexity index is 729. The molecule has 7 heteroatoms. The fraction of sp³-hybridized carbons (Fsp3) is 0.471. The number of aromatic amines is 1. The number of aromatic nitrogens is 3. The van der Waals surface area contributed by atoms with Crippen LogP contribution in [0.1, 0.15) is 38.7 Å². The van der Waals surface area contributed by atoms with E-state index in [1.165, 1.54) is 29.3 Å². The van der Waals surface area contributed by atoms with Gasteiger partial charge in [-0.05, 0) is 43.9 Å². The summed E-state index contributed by atoms with van der Waals surface area (Å²) >= 11 is 1.33. The first-order chi connectivity index (χ1) is 11.4. The molecule has 3 rings (SSSR count). The van der Waals surface area contributed by atoms with E-state index < -0.39 is 0 Å². The Hall–Kier alpha value is -2.02. The maximum absolute atomic E-state index is 12.1. The van der Waals surface area contributed by atoms with E-state index in [0.29, 0.717) is 16.8 Å². The van der Waals surface area contributed by atoms with E-state index in [0.717, 1.165) is 12.1 Å². The number of rotatable bonds is 4. The second-order valence-corrected chi connectivity index (χ2v) is 7.84. The molecule has 1 unspecified atom stereocenters. The number of fused-ring (bicyclic) bond motifs is 1. The summed E-state index contributed by atoms with van der Waals surface area (Å²) in [6.45, 7) is 6.78. The Morgan fingerprint density at radius 3 is 3.00 bits per heavy atom. The first-order valence-electron chi connectivity index (χ1n) is 8.02. The minimum absolute atomic E-state index is 0.0536. The molecule has 0 saturated carbocycles. The lowest BCUT2D eigenvalue weighted by Crippen LogP contribution is -2.45. The predicted octanol–water partition coefficient (Wildman–Crippen LogP) is 3.26. The van der Waals surface area contributed by atoms with Crippen LogP contribution in [0.4, 0.5) is 11.4 Å². The molecule has 2 N–H and O–H groups in total. The van der Waals surface area contributed by atoms with Crippen LogP contribution in [-0.2, 0) is 4.79 Å². The molecular weight excluding hydrogens is 322 g/mol. The summed E-state index contributed by atoms with van der Waals surface area (Å²) in [5, 5.41) is 10.1. The van der Waals surface area contributed by atoms with Gasteiger partial charge < -0.3 is 10.2 Å². The summed E-state index contributed by atoms with van der Waals surface area (Å²) in [7, 11) is 2.12. The molecule has 128 valence electrons. The monoisotopic (exact) mass is 345 g/mol. The van der Waals surface area contributed by atoms with Gasteiger partial charge in [0.05, 0.1) is 5.75 Å². The van der Waals surface area contributed by atoms with Gasteiger partial charge in [-0.25, -0.2) is 4.98 Å². The highest BCUT2D eigenvalue weighted by Gasteiger charge is 2.34. The molecule has 0 saturated heterocycles. The number of carbonyl (C=O) groups is 1. The minimum atomic E-state index is -0.0536. The van der Waals surface area contributed by atoms with E-state index in [9.17, 15) is 4.79 Å². The van der Waals surface area contributed by atoms with Gasteiger partial charge >= 0.3 is 0 Å². The Morgan fingerprint density at radius 1 is 1.50 bits per heavy atom. The van der Waals surface area contributed by atoms with Crippen LogP contribution >= 0.6 is 11.8 Å². The molecule has 1 aromatic heterocycles. The van der Waals surface area contributed by atoms with Crippen molar-refractivity contribution in [3.05, 3.63) is 30.1 Å². The molecule has 0 fully saturated rings. The lowest BCUT2D eigenvalue weighted by Gasteiger charge is -2.45. The van der Waals surface area contributed by atoms with Gasteiger partial charge in [0.25, 0.3) is 0 Å². The Labute approximate surface area is 146 Å². The van der Waals surface area contributed by atoms with Crippen molar-refractivity contribution in [2.75, 3.05) is 23.0 Å². The fourth-order valence-corrected chi connectivity index (χ4v) is 3.82. The van der Waals surface area contributed by atoms with Crippen LogP contribution in [-0.4, -0.2) is 39.4 Å².